The van der Waals surface area contributed by atoms with E-state index in [1.807, 2.05) is 0 Å². The van der Waals surface area contributed by atoms with Crippen LogP contribution in [0.25, 0.3) is 0 Å². The third kappa shape index (κ3) is 4.58. The Kier molecular flexibility index (Phi) is 5.06. The first kappa shape index (κ1) is 16.7. The van der Waals surface area contributed by atoms with E-state index in [0.717, 1.165) is 13.1 Å². The second kappa shape index (κ2) is 6.37. The second-order valence-electron chi connectivity index (χ2n) is 3.85. The van der Waals surface area contributed by atoms with E-state index in [2.05, 4.69) is 14.5 Å². The van der Waals surface area contributed by atoms with Gasteiger partial charge in [-0.25, -0.2) is 0 Å². The number of hydrogen-bond acceptors (Lipinski definition) is 6. The monoisotopic (exact) mass is 308 g/mol. The summed E-state index contributed by atoms with van der Waals surface area (Å²) < 4.78 is 45.6. The molecular formula is C11H11F3N2O5. The van der Waals surface area contributed by atoms with Crippen molar-refractivity contribution in [2.45, 2.75) is 26.6 Å². The molecule has 0 aromatic carbocycles. The van der Waals surface area contributed by atoms with E-state index in [1.165, 1.54) is 6.92 Å². The van der Waals surface area contributed by atoms with E-state index >= 15 is 0 Å². The van der Waals surface area contributed by atoms with Crippen LogP contribution in [0.15, 0.2) is 6.20 Å². The van der Waals surface area contributed by atoms with Crippen molar-refractivity contribution in [3.05, 3.63) is 27.4 Å². The first-order valence-electron chi connectivity index (χ1n) is 5.70. The minimum Gasteiger partial charge on any atom is -0.466 e. The van der Waals surface area contributed by atoms with Crippen LogP contribution >= 0.6 is 0 Å². The largest absolute Gasteiger partial charge is 0.573 e. The van der Waals surface area contributed by atoms with E-state index in [1.54, 1.807) is 0 Å². The molecule has 0 saturated carbocycles. The Bertz CT molecular complexity index is 560. The van der Waals surface area contributed by atoms with Crippen LogP contribution in [-0.2, 0) is 16.0 Å². The highest BCUT2D eigenvalue weighted by molar-refractivity contribution is 5.74. The normalized spacial score (nSPS) is 11.1. The number of nitrogens with zero attached hydrogens (tertiary/aromatic N) is 2. The Labute approximate surface area is 116 Å². The van der Waals surface area contributed by atoms with Gasteiger partial charge in [0.05, 0.1) is 18.6 Å². The summed E-state index contributed by atoms with van der Waals surface area (Å²) in [5.74, 6) is -2.38. The van der Waals surface area contributed by atoms with Crippen LogP contribution in [0.2, 0.25) is 0 Å². The van der Waals surface area contributed by atoms with Gasteiger partial charge in [-0.15, -0.1) is 13.2 Å². The van der Waals surface area contributed by atoms with E-state index in [-0.39, 0.29) is 12.2 Å². The fourth-order valence-electron chi connectivity index (χ4n) is 1.57. The van der Waals surface area contributed by atoms with Crippen molar-refractivity contribution in [3.63, 3.8) is 0 Å². The topological polar surface area (TPSA) is 91.6 Å². The molecule has 0 atom stereocenters. The van der Waals surface area contributed by atoms with Gasteiger partial charge in [0.2, 0.25) is 0 Å². The first-order valence-corrected chi connectivity index (χ1v) is 5.70. The molecule has 116 valence electrons. The van der Waals surface area contributed by atoms with Gasteiger partial charge < -0.3 is 19.6 Å². The van der Waals surface area contributed by atoms with Crippen molar-refractivity contribution in [1.82, 2.24) is 4.98 Å². The van der Waals surface area contributed by atoms with Gasteiger partial charge in [-0.1, -0.05) is 0 Å². The Balaban J connectivity index is 3.26. The highest BCUT2D eigenvalue weighted by Crippen LogP contribution is 2.34. The zero-order valence-corrected chi connectivity index (χ0v) is 11.1. The van der Waals surface area contributed by atoms with Crippen molar-refractivity contribution in [2.75, 3.05) is 6.61 Å². The van der Waals surface area contributed by atoms with Gasteiger partial charge in [0, 0.05) is 5.56 Å². The van der Waals surface area contributed by atoms with Gasteiger partial charge in [0.25, 0.3) is 0 Å². The first-order chi connectivity index (χ1) is 9.65. The summed E-state index contributed by atoms with van der Waals surface area (Å²) >= 11 is 0. The summed E-state index contributed by atoms with van der Waals surface area (Å²) in [5, 5.41) is 10.7. The Morgan fingerprint density at radius 1 is 1.48 bits per heavy atom. The lowest BCUT2D eigenvalue weighted by Crippen LogP contribution is -2.20. The third-order valence-corrected chi connectivity index (χ3v) is 2.34. The second-order valence-corrected chi connectivity index (χ2v) is 3.85. The lowest BCUT2D eigenvalue weighted by Gasteiger charge is -2.14. The predicted molar refractivity (Wildman–Crippen MR) is 62.6 cm³/mol. The molecule has 0 aliphatic rings. The lowest BCUT2D eigenvalue weighted by molar-refractivity contribution is -0.390. The van der Waals surface area contributed by atoms with Crippen LogP contribution in [0.3, 0.4) is 0 Å². The number of alkyl halides is 3. The number of hydrogen-bond donors (Lipinski definition) is 0. The van der Waals surface area contributed by atoms with Crippen molar-refractivity contribution >= 4 is 11.8 Å². The summed E-state index contributed by atoms with van der Waals surface area (Å²) in [5.41, 5.74) is -0.659. The molecule has 1 heterocycles. The van der Waals surface area contributed by atoms with Crippen LogP contribution in [0.5, 0.6) is 5.75 Å². The van der Waals surface area contributed by atoms with Gasteiger partial charge in [-0.05, 0) is 23.8 Å². The third-order valence-electron chi connectivity index (χ3n) is 2.34. The number of ether oxygens (including phenoxy) is 2. The average molecular weight is 308 g/mol. The number of rotatable bonds is 5. The van der Waals surface area contributed by atoms with E-state index in [0.29, 0.717) is 0 Å². The molecule has 0 aliphatic heterocycles. The summed E-state index contributed by atoms with van der Waals surface area (Å²) in [4.78, 5) is 24.5. The molecule has 0 N–H and O–H groups in total. The number of esters is 1. The molecule has 0 amide bonds. The molecule has 0 saturated heterocycles. The predicted octanol–water partition coefficient (Wildman–Crippen LogP) is 2.30. The maximum absolute atomic E-state index is 12.4. The standard InChI is InChI=1S/C11H11F3N2O5/c1-3-20-8(17)4-7-5-15-10(16(18)19)6(2)9(7)21-11(12,13)14/h5H,3-4H2,1-2H3. The van der Waals surface area contributed by atoms with Crippen LogP contribution in [0.4, 0.5) is 19.0 Å². The summed E-state index contributed by atoms with van der Waals surface area (Å²) in [6, 6.07) is 0. The van der Waals surface area contributed by atoms with Crippen molar-refractivity contribution in [3.8, 4) is 5.75 Å². The zero-order valence-electron chi connectivity index (χ0n) is 11.1. The summed E-state index contributed by atoms with van der Waals surface area (Å²) in [6.45, 7) is 2.64. The molecule has 21 heavy (non-hydrogen) atoms. The van der Waals surface area contributed by atoms with Crippen LogP contribution in [0, 0.1) is 17.0 Å². The Morgan fingerprint density at radius 3 is 2.57 bits per heavy atom. The fourth-order valence-corrected chi connectivity index (χ4v) is 1.57. The fraction of sp³-hybridized carbons (Fsp3) is 0.455. The summed E-state index contributed by atoms with van der Waals surface area (Å²) in [7, 11) is 0. The molecule has 0 bridgehead atoms. The molecule has 1 aromatic rings. The van der Waals surface area contributed by atoms with Gasteiger partial charge in [0.15, 0.2) is 0 Å². The number of carbonyl (C=O) groups is 1. The molecule has 0 radical (unpaired) electrons. The van der Waals surface area contributed by atoms with Gasteiger partial charge >= 0.3 is 18.1 Å². The van der Waals surface area contributed by atoms with Crippen molar-refractivity contribution in [2.24, 2.45) is 0 Å². The molecule has 0 spiro atoms. The van der Waals surface area contributed by atoms with Gasteiger partial charge in [0.1, 0.15) is 11.9 Å². The van der Waals surface area contributed by atoms with Crippen LogP contribution in [0.1, 0.15) is 18.1 Å². The van der Waals surface area contributed by atoms with Crippen LogP contribution < -0.4 is 4.74 Å². The van der Waals surface area contributed by atoms with E-state index < -0.39 is 40.8 Å². The average Bonchev–Trinajstić information content (AvgIpc) is 2.32. The molecule has 0 aliphatic carbocycles. The Morgan fingerprint density at radius 2 is 2.10 bits per heavy atom. The number of halogens is 3. The number of nitro groups is 1. The molecule has 0 fully saturated rings. The number of carbonyl (C=O) groups excluding carboxylic acids is 1. The van der Waals surface area contributed by atoms with Gasteiger partial charge in [-0.2, -0.15) is 0 Å². The van der Waals surface area contributed by atoms with Crippen LogP contribution in [-0.4, -0.2) is 28.8 Å². The number of pyridine rings is 1. The minimum atomic E-state index is -5.05. The molecule has 1 aromatic heterocycles. The zero-order chi connectivity index (χ0) is 16.2. The quantitative estimate of drug-likeness (QED) is 0.471. The van der Waals surface area contributed by atoms with Gasteiger partial charge in [-0.3, -0.25) is 4.79 Å². The minimum absolute atomic E-state index is 0.0493. The molecule has 10 heteroatoms. The maximum Gasteiger partial charge on any atom is 0.573 e. The molecular weight excluding hydrogens is 297 g/mol. The Hall–Kier alpha value is -2.39. The highest BCUT2D eigenvalue weighted by Gasteiger charge is 2.35. The SMILES string of the molecule is CCOC(=O)Cc1cnc([N+](=O)[O-])c(C)c1OC(F)(F)F. The van der Waals surface area contributed by atoms with E-state index in [4.69, 9.17) is 0 Å². The molecule has 1 rings (SSSR count). The van der Waals surface area contributed by atoms with Crippen molar-refractivity contribution < 1.29 is 32.4 Å². The molecule has 0 unspecified atom stereocenters. The highest BCUT2D eigenvalue weighted by atomic mass is 19.4. The van der Waals surface area contributed by atoms with E-state index in [9.17, 15) is 28.1 Å². The number of aromatic nitrogens is 1. The maximum atomic E-state index is 12.4. The smallest absolute Gasteiger partial charge is 0.466 e. The lowest BCUT2D eigenvalue weighted by atomic mass is 10.1. The molecule has 7 nitrogen and oxygen atoms in total. The summed E-state index contributed by atoms with van der Waals surface area (Å²) in [6.07, 6.45) is -4.79. The van der Waals surface area contributed by atoms with Crippen molar-refractivity contribution in [1.29, 1.82) is 0 Å².